The molecule has 1 saturated heterocycles. The quantitative estimate of drug-likeness (QED) is 0.864. The molecule has 3 heterocycles. The number of aryl methyl sites for hydroxylation is 1. The minimum absolute atomic E-state index is 0.0514. The Morgan fingerprint density at radius 3 is 3.00 bits per heavy atom. The van der Waals surface area contributed by atoms with Crippen LogP contribution in [0.2, 0.25) is 5.02 Å². The van der Waals surface area contributed by atoms with Crippen LogP contribution in [-0.4, -0.2) is 44.6 Å². The van der Waals surface area contributed by atoms with E-state index in [9.17, 15) is 4.79 Å². The summed E-state index contributed by atoms with van der Waals surface area (Å²) >= 11 is 7.08. The minimum atomic E-state index is -0.0764. The molecule has 1 aliphatic heterocycles. The number of rotatable bonds is 3. The third-order valence-corrected chi connectivity index (χ3v) is 4.09. The van der Waals surface area contributed by atoms with E-state index < -0.39 is 0 Å². The molecule has 2 aromatic rings. The van der Waals surface area contributed by atoms with E-state index in [0.717, 1.165) is 11.5 Å². The van der Waals surface area contributed by atoms with Crippen molar-refractivity contribution >= 4 is 29.0 Å². The van der Waals surface area contributed by atoms with Crippen molar-refractivity contribution in [2.45, 2.75) is 13.0 Å². The lowest BCUT2D eigenvalue weighted by molar-refractivity contribution is 0.0163. The van der Waals surface area contributed by atoms with Gasteiger partial charge in [-0.25, -0.2) is 4.98 Å². The van der Waals surface area contributed by atoms with Crippen molar-refractivity contribution in [1.82, 2.24) is 19.5 Å². The van der Waals surface area contributed by atoms with E-state index in [0.29, 0.717) is 34.6 Å². The molecule has 0 radical (unpaired) electrons. The van der Waals surface area contributed by atoms with Crippen LogP contribution in [0.3, 0.4) is 0 Å². The van der Waals surface area contributed by atoms with Crippen LogP contribution < -0.4 is 4.74 Å². The van der Waals surface area contributed by atoms with Crippen LogP contribution in [0.15, 0.2) is 18.3 Å². The number of carbonyl (C=O) groups is 1. The van der Waals surface area contributed by atoms with Gasteiger partial charge in [-0.15, -0.1) is 5.10 Å². The summed E-state index contributed by atoms with van der Waals surface area (Å²) in [6, 6.07) is 3.46. The third-order valence-electron chi connectivity index (χ3n) is 2.98. The molecule has 0 unspecified atom stereocenters. The summed E-state index contributed by atoms with van der Waals surface area (Å²) in [6.07, 6.45) is 1.54. The summed E-state index contributed by atoms with van der Waals surface area (Å²) in [5.74, 6) is 0.353. The molecule has 0 saturated carbocycles. The topological polar surface area (TPSA) is 68.2 Å². The first-order valence-corrected chi connectivity index (χ1v) is 7.15. The Bertz CT molecular complexity index is 642. The molecule has 1 fully saturated rings. The smallest absolute Gasteiger partial charge is 0.267 e. The van der Waals surface area contributed by atoms with Gasteiger partial charge in [-0.2, -0.15) is 0 Å². The van der Waals surface area contributed by atoms with Crippen molar-refractivity contribution < 1.29 is 9.53 Å². The maximum atomic E-state index is 12.1. The largest absolute Gasteiger partial charge is 0.470 e. The van der Waals surface area contributed by atoms with E-state index in [4.69, 9.17) is 16.3 Å². The van der Waals surface area contributed by atoms with E-state index in [-0.39, 0.29) is 12.0 Å². The number of halogens is 1. The van der Waals surface area contributed by atoms with Gasteiger partial charge >= 0.3 is 0 Å². The zero-order valence-electron chi connectivity index (χ0n) is 10.6. The number of aromatic nitrogens is 3. The summed E-state index contributed by atoms with van der Waals surface area (Å²) in [6.45, 7) is 2.81. The second-order valence-electron chi connectivity index (χ2n) is 4.43. The second kappa shape index (κ2) is 5.34. The molecular formula is C12H11ClN4O2S. The lowest BCUT2D eigenvalue weighted by Gasteiger charge is -2.38. The Balaban J connectivity index is 1.58. The van der Waals surface area contributed by atoms with Crippen molar-refractivity contribution in [3.05, 3.63) is 33.9 Å². The maximum Gasteiger partial charge on any atom is 0.267 e. The van der Waals surface area contributed by atoms with Gasteiger partial charge in [-0.1, -0.05) is 16.1 Å². The zero-order chi connectivity index (χ0) is 14.1. The van der Waals surface area contributed by atoms with E-state index in [1.807, 2.05) is 0 Å². The highest BCUT2D eigenvalue weighted by atomic mass is 35.5. The summed E-state index contributed by atoms with van der Waals surface area (Å²) < 4.78 is 9.41. The Morgan fingerprint density at radius 2 is 2.35 bits per heavy atom. The highest BCUT2D eigenvalue weighted by Crippen LogP contribution is 2.25. The highest BCUT2D eigenvalue weighted by molar-refractivity contribution is 7.07. The molecule has 1 amide bonds. The zero-order valence-corrected chi connectivity index (χ0v) is 12.2. The second-order valence-corrected chi connectivity index (χ2v) is 5.59. The minimum Gasteiger partial charge on any atom is -0.470 e. The fourth-order valence-electron chi connectivity index (χ4n) is 1.87. The lowest BCUT2D eigenvalue weighted by atomic mass is 10.1. The van der Waals surface area contributed by atoms with E-state index in [1.165, 1.54) is 0 Å². The van der Waals surface area contributed by atoms with Gasteiger partial charge in [0.05, 0.1) is 18.8 Å². The van der Waals surface area contributed by atoms with Crippen molar-refractivity contribution in [2.24, 2.45) is 0 Å². The van der Waals surface area contributed by atoms with Gasteiger partial charge in [-0.05, 0) is 30.6 Å². The number of ether oxygens (including phenoxy) is 1. The van der Waals surface area contributed by atoms with Crippen LogP contribution in [0.4, 0.5) is 0 Å². The number of hydrogen-bond acceptors (Lipinski definition) is 6. The first-order valence-electron chi connectivity index (χ1n) is 6.00. The molecule has 1 aliphatic rings. The molecule has 6 nitrogen and oxygen atoms in total. The number of pyridine rings is 1. The maximum absolute atomic E-state index is 12.1. The first-order chi connectivity index (χ1) is 9.65. The number of amides is 1. The van der Waals surface area contributed by atoms with Gasteiger partial charge in [-0.3, -0.25) is 4.79 Å². The number of hydrogen-bond donors (Lipinski definition) is 0. The standard InChI is InChI=1S/C12H11ClN4O2S/c1-7-10(20-16-15-7)12(18)17-5-8(6-17)19-11-9(13)3-2-4-14-11/h2-4,8H,5-6H2,1H3. The molecule has 20 heavy (non-hydrogen) atoms. The molecule has 104 valence electrons. The predicted molar refractivity (Wildman–Crippen MR) is 74.2 cm³/mol. The molecule has 0 bridgehead atoms. The molecule has 0 N–H and O–H groups in total. The molecule has 0 spiro atoms. The van der Waals surface area contributed by atoms with Gasteiger partial charge in [0.15, 0.2) is 0 Å². The van der Waals surface area contributed by atoms with E-state index in [1.54, 1.807) is 30.2 Å². The Morgan fingerprint density at radius 1 is 1.55 bits per heavy atom. The molecular weight excluding hydrogens is 300 g/mol. The summed E-state index contributed by atoms with van der Waals surface area (Å²) in [7, 11) is 0. The highest BCUT2D eigenvalue weighted by Gasteiger charge is 2.34. The molecule has 3 rings (SSSR count). The molecule has 2 aromatic heterocycles. The van der Waals surface area contributed by atoms with Crippen molar-refractivity contribution in [1.29, 1.82) is 0 Å². The Kier molecular flexibility index (Phi) is 3.54. The van der Waals surface area contributed by atoms with Crippen LogP contribution in [0, 0.1) is 6.92 Å². The van der Waals surface area contributed by atoms with E-state index >= 15 is 0 Å². The fraction of sp³-hybridized carbons (Fsp3) is 0.333. The van der Waals surface area contributed by atoms with Gasteiger partial charge < -0.3 is 9.64 Å². The van der Waals surface area contributed by atoms with Gasteiger partial charge in [0.25, 0.3) is 5.91 Å². The van der Waals surface area contributed by atoms with Crippen LogP contribution in [-0.2, 0) is 0 Å². The number of nitrogens with zero attached hydrogens (tertiary/aromatic N) is 4. The first kappa shape index (κ1) is 13.3. The lowest BCUT2D eigenvalue weighted by Crippen LogP contribution is -2.56. The predicted octanol–water partition coefficient (Wildman–Crippen LogP) is 1.80. The van der Waals surface area contributed by atoms with Gasteiger partial charge in [0, 0.05) is 6.20 Å². The Labute approximate surface area is 124 Å². The SMILES string of the molecule is Cc1nnsc1C(=O)N1CC(Oc2ncccc2Cl)C1. The van der Waals surface area contributed by atoms with Crippen LogP contribution in [0.25, 0.3) is 0 Å². The third kappa shape index (κ3) is 2.46. The van der Waals surface area contributed by atoms with Crippen molar-refractivity contribution in [3.63, 3.8) is 0 Å². The van der Waals surface area contributed by atoms with Crippen LogP contribution in [0.1, 0.15) is 15.4 Å². The fourth-order valence-corrected chi connectivity index (χ4v) is 2.66. The average Bonchev–Trinajstić information content (AvgIpc) is 2.81. The van der Waals surface area contributed by atoms with Gasteiger partial charge in [0.2, 0.25) is 5.88 Å². The summed E-state index contributed by atoms with van der Waals surface area (Å²) in [5.41, 5.74) is 0.664. The normalized spacial score (nSPS) is 15.0. The average molecular weight is 311 g/mol. The molecule has 0 aromatic carbocycles. The number of carbonyl (C=O) groups excluding carboxylic acids is 1. The van der Waals surface area contributed by atoms with Crippen molar-refractivity contribution in [3.8, 4) is 5.88 Å². The van der Waals surface area contributed by atoms with Crippen LogP contribution in [0.5, 0.6) is 5.88 Å². The van der Waals surface area contributed by atoms with E-state index in [2.05, 4.69) is 14.6 Å². The van der Waals surface area contributed by atoms with Gasteiger partial charge in [0.1, 0.15) is 16.0 Å². The summed E-state index contributed by atoms with van der Waals surface area (Å²) in [4.78, 5) is 18.5. The monoisotopic (exact) mass is 310 g/mol. The Hall–Kier alpha value is -1.73. The number of likely N-dealkylation sites (tertiary alicyclic amines) is 1. The molecule has 0 atom stereocenters. The summed E-state index contributed by atoms with van der Waals surface area (Å²) in [5, 5.41) is 4.31. The van der Waals surface area contributed by atoms with Crippen molar-refractivity contribution in [2.75, 3.05) is 13.1 Å². The van der Waals surface area contributed by atoms with Crippen LogP contribution >= 0.6 is 23.1 Å². The molecule has 8 heteroatoms. The molecule has 0 aliphatic carbocycles.